The van der Waals surface area contributed by atoms with Crippen LogP contribution in [0.4, 0.5) is 0 Å². The molecule has 2 aromatic rings. The second kappa shape index (κ2) is 7.66. The molecule has 0 amide bonds. The minimum absolute atomic E-state index is 0. The van der Waals surface area contributed by atoms with Crippen molar-refractivity contribution in [3.8, 4) is 5.75 Å². The van der Waals surface area contributed by atoms with Crippen molar-refractivity contribution >= 4 is 29.1 Å². The molecule has 0 spiro atoms. The van der Waals surface area contributed by atoms with E-state index in [2.05, 4.69) is 0 Å². The Morgan fingerprint density at radius 1 is 1.22 bits per heavy atom. The lowest BCUT2D eigenvalue weighted by atomic mass is 9.79. The SMILES string of the molecule is CCOc1ccc2ccccc2c1[C@H](N)C(C)(C)C(=O)OC.Cl. The monoisotopic (exact) mass is 337 g/mol. The summed E-state index contributed by atoms with van der Waals surface area (Å²) in [7, 11) is 1.38. The van der Waals surface area contributed by atoms with E-state index in [4.69, 9.17) is 15.2 Å². The highest BCUT2D eigenvalue weighted by Gasteiger charge is 2.38. The molecule has 0 aliphatic heterocycles. The van der Waals surface area contributed by atoms with Crippen LogP contribution in [0.5, 0.6) is 5.75 Å². The molecule has 0 saturated heterocycles. The maximum atomic E-state index is 12.1. The van der Waals surface area contributed by atoms with Gasteiger partial charge in [0.2, 0.25) is 0 Å². The van der Waals surface area contributed by atoms with Gasteiger partial charge in [0.1, 0.15) is 5.75 Å². The molecule has 0 heterocycles. The predicted octanol–water partition coefficient (Wildman–Crippen LogP) is 3.86. The van der Waals surface area contributed by atoms with Crippen molar-refractivity contribution in [3.63, 3.8) is 0 Å². The van der Waals surface area contributed by atoms with Gasteiger partial charge in [-0.25, -0.2) is 0 Å². The minimum Gasteiger partial charge on any atom is -0.494 e. The molecular weight excluding hydrogens is 314 g/mol. The van der Waals surface area contributed by atoms with E-state index in [0.717, 1.165) is 16.3 Å². The van der Waals surface area contributed by atoms with Crippen molar-refractivity contribution in [2.24, 2.45) is 11.1 Å². The molecule has 1 atom stereocenters. The summed E-state index contributed by atoms with van der Waals surface area (Å²) < 4.78 is 10.7. The molecule has 0 aliphatic rings. The van der Waals surface area contributed by atoms with Crippen LogP contribution in [0.25, 0.3) is 10.8 Å². The van der Waals surface area contributed by atoms with Crippen molar-refractivity contribution in [1.29, 1.82) is 0 Å². The van der Waals surface area contributed by atoms with Gasteiger partial charge in [0.15, 0.2) is 0 Å². The molecule has 2 aromatic carbocycles. The van der Waals surface area contributed by atoms with Gasteiger partial charge in [0.25, 0.3) is 0 Å². The highest BCUT2D eigenvalue weighted by atomic mass is 35.5. The maximum Gasteiger partial charge on any atom is 0.313 e. The molecule has 0 fully saturated rings. The van der Waals surface area contributed by atoms with Crippen molar-refractivity contribution in [2.45, 2.75) is 26.8 Å². The lowest BCUT2D eigenvalue weighted by Gasteiger charge is -2.31. The fourth-order valence-corrected chi connectivity index (χ4v) is 2.63. The smallest absolute Gasteiger partial charge is 0.313 e. The summed E-state index contributed by atoms with van der Waals surface area (Å²) in [6, 6.07) is 11.3. The molecule has 5 heteroatoms. The van der Waals surface area contributed by atoms with Gasteiger partial charge in [-0.05, 0) is 37.6 Å². The van der Waals surface area contributed by atoms with E-state index in [1.807, 2.05) is 43.3 Å². The first kappa shape index (κ1) is 19.3. The molecule has 0 aromatic heterocycles. The van der Waals surface area contributed by atoms with E-state index in [-0.39, 0.29) is 18.4 Å². The van der Waals surface area contributed by atoms with E-state index >= 15 is 0 Å². The zero-order chi connectivity index (χ0) is 16.3. The first-order chi connectivity index (χ1) is 10.4. The maximum absolute atomic E-state index is 12.1. The number of hydrogen-bond donors (Lipinski definition) is 1. The van der Waals surface area contributed by atoms with E-state index in [9.17, 15) is 4.79 Å². The normalized spacial score (nSPS) is 12.4. The number of esters is 1. The van der Waals surface area contributed by atoms with Crippen LogP contribution >= 0.6 is 12.4 Å². The summed E-state index contributed by atoms with van der Waals surface area (Å²) in [6.45, 7) is 6.05. The van der Waals surface area contributed by atoms with Crippen LogP contribution in [-0.2, 0) is 9.53 Å². The zero-order valence-corrected chi connectivity index (χ0v) is 14.8. The third kappa shape index (κ3) is 3.59. The van der Waals surface area contributed by atoms with Gasteiger partial charge in [-0.1, -0.05) is 30.3 Å². The van der Waals surface area contributed by atoms with Gasteiger partial charge >= 0.3 is 5.97 Å². The number of halogens is 1. The van der Waals surface area contributed by atoms with Gasteiger partial charge in [-0.3, -0.25) is 4.79 Å². The van der Waals surface area contributed by atoms with Crippen LogP contribution in [-0.4, -0.2) is 19.7 Å². The molecule has 2 N–H and O–H groups in total. The average Bonchev–Trinajstić information content (AvgIpc) is 2.53. The van der Waals surface area contributed by atoms with Crippen LogP contribution in [0.3, 0.4) is 0 Å². The van der Waals surface area contributed by atoms with Crippen LogP contribution in [0.2, 0.25) is 0 Å². The van der Waals surface area contributed by atoms with Crippen LogP contribution < -0.4 is 10.5 Å². The van der Waals surface area contributed by atoms with E-state index in [1.165, 1.54) is 7.11 Å². The van der Waals surface area contributed by atoms with Crippen molar-refractivity contribution in [2.75, 3.05) is 13.7 Å². The summed E-state index contributed by atoms with van der Waals surface area (Å²) in [5.41, 5.74) is 6.45. The second-order valence-corrected chi connectivity index (χ2v) is 5.82. The largest absolute Gasteiger partial charge is 0.494 e. The first-order valence-electron chi connectivity index (χ1n) is 7.42. The summed E-state index contributed by atoms with van der Waals surface area (Å²) in [5.74, 6) is 0.376. The Kier molecular flexibility index (Phi) is 6.42. The second-order valence-electron chi connectivity index (χ2n) is 5.82. The Bertz CT molecular complexity index is 685. The lowest BCUT2D eigenvalue weighted by molar-refractivity contribution is -0.152. The Hall–Kier alpha value is -1.78. The Morgan fingerprint density at radius 3 is 2.48 bits per heavy atom. The fraction of sp³-hybridized carbons (Fsp3) is 0.389. The Morgan fingerprint density at radius 2 is 1.87 bits per heavy atom. The van der Waals surface area contributed by atoms with Gasteiger partial charge < -0.3 is 15.2 Å². The predicted molar refractivity (Wildman–Crippen MR) is 95.1 cm³/mol. The van der Waals surface area contributed by atoms with Gasteiger partial charge in [0.05, 0.1) is 19.1 Å². The summed E-state index contributed by atoms with van der Waals surface area (Å²) >= 11 is 0. The van der Waals surface area contributed by atoms with Crippen LogP contribution in [0, 0.1) is 5.41 Å². The number of fused-ring (bicyclic) bond motifs is 1. The molecule has 0 bridgehead atoms. The average molecular weight is 338 g/mol. The van der Waals surface area contributed by atoms with Crippen molar-refractivity contribution < 1.29 is 14.3 Å². The highest BCUT2D eigenvalue weighted by molar-refractivity contribution is 5.89. The fourth-order valence-electron chi connectivity index (χ4n) is 2.63. The quantitative estimate of drug-likeness (QED) is 0.841. The topological polar surface area (TPSA) is 61.5 Å². The molecular formula is C18H24ClNO3. The molecule has 126 valence electrons. The van der Waals surface area contributed by atoms with Gasteiger partial charge in [-0.2, -0.15) is 0 Å². The molecule has 0 saturated carbocycles. The third-order valence-corrected chi connectivity index (χ3v) is 4.03. The lowest BCUT2D eigenvalue weighted by Crippen LogP contribution is -2.37. The number of carbonyl (C=O) groups excluding carboxylic acids is 1. The number of hydrogen-bond acceptors (Lipinski definition) is 4. The van der Waals surface area contributed by atoms with Crippen LogP contribution in [0.1, 0.15) is 32.4 Å². The molecule has 0 radical (unpaired) electrons. The molecule has 4 nitrogen and oxygen atoms in total. The van der Waals surface area contributed by atoms with E-state index in [0.29, 0.717) is 12.4 Å². The summed E-state index contributed by atoms with van der Waals surface area (Å²) in [5, 5.41) is 2.06. The van der Waals surface area contributed by atoms with Gasteiger partial charge in [-0.15, -0.1) is 12.4 Å². The number of ether oxygens (including phenoxy) is 2. The van der Waals surface area contributed by atoms with Crippen molar-refractivity contribution in [3.05, 3.63) is 42.0 Å². The summed E-state index contributed by atoms with van der Waals surface area (Å²) in [4.78, 5) is 12.1. The van der Waals surface area contributed by atoms with Gasteiger partial charge in [0, 0.05) is 11.6 Å². The van der Waals surface area contributed by atoms with E-state index < -0.39 is 11.5 Å². The third-order valence-electron chi connectivity index (χ3n) is 4.03. The highest BCUT2D eigenvalue weighted by Crippen LogP contribution is 2.41. The number of methoxy groups -OCH3 is 1. The molecule has 0 aliphatic carbocycles. The summed E-state index contributed by atoms with van der Waals surface area (Å²) in [6.07, 6.45) is 0. The standard InChI is InChI=1S/C18H23NO3.ClH/c1-5-22-14-11-10-12-8-6-7-9-13(12)15(14)16(19)18(2,3)17(20)21-4;/h6-11,16H,5,19H2,1-4H3;1H/t16-;/m0./s1. The number of rotatable bonds is 5. The Labute approximate surface area is 143 Å². The minimum atomic E-state index is -0.856. The van der Waals surface area contributed by atoms with Crippen LogP contribution in [0.15, 0.2) is 36.4 Å². The molecule has 2 rings (SSSR count). The number of nitrogens with two attached hydrogens (primary N) is 1. The molecule has 23 heavy (non-hydrogen) atoms. The first-order valence-corrected chi connectivity index (χ1v) is 7.42. The number of benzene rings is 2. The van der Waals surface area contributed by atoms with E-state index in [1.54, 1.807) is 13.8 Å². The number of carbonyl (C=O) groups is 1. The van der Waals surface area contributed by atoms with Crippen molar-refractivity contribution in [1.82, 2.24) is 0 Å². The molecule has 0 unspecified atom stereocenters. The zero-order valence-electron chi connectivity index (χ0n) is 14.0. The Balaban J connectivity index is 0.00000264.